The minimum atomic E-state index is -0.711. The Kier molecular flexibility index (Phi) is 20.5. The third-order valence-corrected chi connectivity index (χ3v) is 2.21. The maximum Gasteiger partial charge on any atom is 0.303 e. The first-order valence-electron chi connectivity index (χ1n) is 7.15. The molecule has 18 heavy (non-hydrogen) atoms. The number of hydrogen-bond acceptors (Lipinski definition) is 3. The van der Waals surface area contributed by atoms with Crippen LogP contribution in [0.4, 0.5) is 0 Å². The monoisotopic (exact) mass is 262 g/mol. The van der Waals surface area contributed by atoms with E-state index in [4.69, 9.17) is 5.11 Å². The summed E-state index contributed by atoms with van der Waals surface area (Å²) in [5, 5.41) is 7.91. The first-order chi connectivity index (χ1) is 8.68. The van der Waals surface area contributed by atoms with E-state index in [-0.39, 0.29) is 0 Å². The van der Waals surface area contributed by atoms with E-state index in [1.54, 1.807) is 0 Å². The SMILES string of the molecule is C1CCOOC1.CCCC(=O)O.CCCCCC. The molecule has 1 rings (SSSR count). The Balaban J connectivity index is 0. The highest BCUT2D eigenvalue weighted by Crippen LogP contribution is 1.97. The molecule has 0 bridgehead atoms. The fraction of sp³-hybridized carbons (Fsp3) is 0.929. The van der Waals surface area contributed by atoms with Crippen LogP contribution < -0.4 is 0 Å². The van der Waals surface area contributed by atoms with Crippen LogP contribution in [0.15, 0.2) is 0 Å². The molecule has 0 atom stereocenters. The molecule has 0 spiro atoms. The van der Waals surface area contributed by atoms with Crippen LogP contribution >= 0.6 is 0 Å². The maximum atomic E-state index is 9.60. The van der Waals surface area contributed by atoms with Gasteiger partial charge in [0.15, 0.2) is 0 Å². The number of carbonyl (C=O) groups is 1. The third kappa shape index (κ3) is 24.6. The molecule has 1 saturated heterocycles. The smallest absolute Gasteiger partial charge is 0.303 e. The molecule has 0 radical (unpaired) electrons. The topological polar surface area (TPSA) is 55.8 Å². The molecule has 1 aliphatic rings. The van der Waals surface area contributed by atoms with E-state index in [1.165, 1.54) is 25.7 Å². The second-order valence-corrected chi connectivity index (χ2v) is 4.20. The van der Waals surface area contributed by atoms with Crippen molar-refractivity contribution < 1.29 is 19.7 Å². The lowest BCUT2D eigenvalue weighted by molar-refractivity contribution is -0.312. The number of aliphatic carboxylic acids is 1. The standard InChI is InChI=1S/C6H14.2C4H8O2/c1-3-5-6-4-2;1-2-4-6-5-3-1;1-2-3-4(5)6/h3-6H2,1-2H3;1-4H2;2-3H2,1H3,(H,5,6). The van der Waals surface area contributed by atoms with Crippen molar-refractivity contribution in [2.75, 3.05) is 13.2 Å². The molecule has 4 heteroatoms. The van der Waals surface area contributed by atoms with Crippen molar-refractivity contribution in [3.05, 3.63) is 0 Å². The summed E-state index contributed by atoms with van der Waals surface area (Å²) in [7, 11) is 0. The Bertz CT molecular complexity index is 140. The zero-order valence-corrected chi connectivity index (χ0v) is 12.2. The average Bonchev–Trinajstić information content (AvgIpc) is 2.39. The van der Waals surface area contributed by atoms with Crippen molar-refractivity contribution in [1.29, 1.82) is 0 Å². The van der Waals surface area contributed by atoms with E-state index in [0.717, 1.165) is 32.5 Å². The predicted molar refractivity (Wildman–Crippen MR) is 73.5 cm³/mol. The van der Waals surface area contributed by atoms with Gasteiger partial charge in [-0.25, -0.2) is 9.78 Å². The summed E-state index contributed by atoms with van der Waals surface area (Å²) in [6, 6.07) is 0. The Morgan fingerprint density at radius 2 is 1.39 bits per heavy atom. The largest absolute Gasteiger partial charge is 0.481 e. The molecule has 4 nitrogen and oxygen atoms in total. The number of unbranched alkanes of at least 4 members (excludes halogenated alkanes) is 3. The molecule has 110 valence electrons. The lowest BCUT2D eigenvalue weighted by Crippen LogP contribution is -2.05. The van der Waals surface area contributed by atoms with Gasteiger partial charge in [0, 0.05) is 6.42 Å². The van der Waals surface area contributed by atoms with Crippen molar-refractivity contribution in [3.63, 3.8) is 0 Å². The van der Waals surface area contributed by atoms with E-state index in [9.17, 15) is 4.79 Å². The fourth-order valence-electron chi connectivity index (χ4n) is 1.15. The Labute approximate surface area is 112 Å². The highest BCUT2D eigenvalue weighted by molar-refractivity contribution is 5.66. The van der Waals surface area contributed by atoms with E-state index in [2.05, 4.69) is 23.6 Å². The van der Waals surface area contributed by atoms with E-state index in [0.29, 0.717) is 6.42 Å². The highest BCUT2D eigenvalue weighted by atomic mass is 17.2. The fourth-order valence-corrected chi connectivity index (χ4v) is 1.15. The van der Waals surface area contributed by atoms with Crippen molar-refractivity contribution >= 4 is 5.97 Å². The highest BCUT2D eigenvalue weighted by Gasteiger charge is 1.95. The summed E-state index contributed by atoms with van der Waals surface area (Å²) in [5.41, 5.74) is 0. The summed E-state index contributed by atoms with van der Waals surface area (Å²) < 4.78 is 0. The van der Waals surface area contributed by atoms with Crippen LogP contribution in [0.2, 0.25) is 0 Å². The van der Waals surface area contributed by atoms with E-state index < -0.39 is 5.97 Å². The van der Waals surface area contributed by atoms with Crippen LogP contribution in [0.25, 0.3) is 0 Å². The lowest BCUT2D eigenvalue weighted by Gasteiger charge is -2.07. The van der Waals surface area contributed by atoms with Gasteiger partial charge in [0.25, 0.3) is 0 Å². The van der Waals surface area contributed by atoms with Gasteiger partial charge >= 0.3 is 5.97 Å². The number of hydrogen-bond donors (Lipinski definition) is 1. The molecule has 0 aromatic rings. The summed E-state index contributed by atoms with van der Waals surface area (Å²) in [5.74, 6) is -0.711. The molecule has 1 aliphatic heterocycles. The first kappa shape index (κ1) is 19.7. The molecule has 1 heterocycles. The summed E-state index contributed by atoms with van der Waals surface area (Å²) in [6.45, 7) is 7.86. The van der Waals surface area contributed by atoms with Gasteiger partial charge in [0.05, 0.1) is 13.2 Å². The van der Waals surface area contributed by atoms with Crippen molar-refractivity contribution in [3.8, 4) is 0 Å². The van der Waals surface area contributed by atoms with Gasteiger partial charge in [0.1, 0.15) is 0 Å². The van der Waals surface area contributed by atoms with Crippen molar-refractivity contribution in [2.45, 2.75) is 72.1 Å². The summed E-state index contributed by atoms with van der Waals surface area (Å²) in [6.07, 6.45) is 8.87. The molecule has 0 saturated carbocycles. The molecule has 1 fully saturated rings. The second-order valence-electron chi connectivity index (χ2n) is 4.20. The first-order valence-corrected chi connectivity index (χ1v) is 7.15. The van der Waals surface area contributed by atoms with E-state index in [1.807, 2.05) is 6.92 Å². The lowest BCUT2D eigenvalue weighted by atomic mass is 10.2. The van der Waals surface area contributed by atoms with Gasteiger partial charge in [0.2, 0.25) is 0 Å². The van der Waals surface area contributed by atoms with Gasteiger partial charge in [-0.15, -0.1) is 0 Å². The molecule has 0 amide bonds. The Morgan fingerprint density at radius 3 is 1.50 bits per heavy atom. The van der Waals surface area contributed by atoms with Crippen LogP contribution in [0.1, 0.15) is 72.1 Å². The maximum absolute atomic E-state index is 9.60. The van der Waals surface area contributed by atoms with E-state index >= 15 is 0 Å². The van der Waals surface area contributed by atoms with Crippen LogP contribution in [0.3, 0.4) is 0 Å². The summed E-state index contributed by atoms with van der Waals surface area (Å²) >= 11 is 0. The van der Waals surface area contributed by atoms with Gasteiger partial charge in [-0.05, 0) is 19.3 Å². The molecule has 0 aromatic carbocycles. The van der Waals surface area contributed by atoms with Crippen LogP contribution in [0.5, 0.6) is 0 Å². The number of rotatable bonds is 5. The van der Waals surface area contributed by atoms with Gasteiger partial charge < -0.3 is 5.11 Å². The Hall–Kier alpha value is -0.610. The van der Waals surface area contributed by atoms with Crippen LogP contribution in [-0.4, -0.2) is 24.3 Å². The van der Waals surface area contributed by atoms with Crippen molar-refractivity contribution in [1.82, 2.24) is 0 Å². The second kappa shape index (κ2) is 18.7. The third-order valence-electron chi connectivity index (χ3n) is 2.21. The molecular weight excluding hydrogens is 232 g/mol. The summed E-state index contributed by atoms with van der Waals surface area (Å²) in [4.78, 5) is 18.7. The zero-order valence-electron chi connectivity index (χ0n) is 12.2. The van der Waals surface area contributed by atoms with Crippen molar-refractivity contribution in [2.24, 2.45) is 0 Å². The Morgan fingerprint density at radius 1 is 0.944 bits per heavy atom. The average molecular weight is 262 g/mol. The molecule has 1 N–H and O–H groups in total. The van der Waals surface area contributed by atoms with Gasteiger partial charge in [-0.3, -0.25) is 4.79 Å². The molecular formula is C14H30O4. The minimum absolute atomic E-state index is 0.292. The minimum Gasteiger partial charge on any atom is -0.481 e. The molecule has 0 aromatic heterocycles. The normalized spacial score (nSPS) is 13.7. The number of carboxylic acid groups (broad SMARTS) is 1. The zero-order chi connectivity index (χ0) is 14.1. The molecule has 0 unspecified atom stereocenters. The quantitative estimate of drug-likeness (QED) is 0.596. The van der Waals surface area contributed by atoms with Crippen LogP contribution in [-0.2, 0) is 14.6 Å². The van der Waals surface area contributed by atoms with Gasteiger partial charge in [-0.1, -0.05) is 46.5 Å². The number of carboxylic acids is 1. The predicted octanol–water partition coefficient (Wildman–Crippen LogP) is 4.19. The molecule has 0 aliphatic carbocycles. The van der Waals surface area contributed by atoms with Crippen LogP contribution in [0, 0.1) is 0 Å². The van der Waals surface area contributed by atoms with Gasteiger partial charge in [-0.2, -0.15) is 0 Å².